The summed E-state index contributed by atoms with van der Waals surface area (Å²) >= 11 is 6.07. The van der Waals surface area contributed by atoms with Gasteiger partial charge in [-0.3, -0.25) is 9.59 Å². The van der Waals surface area contributed by atoms with E-state index in [1.54, 1.807) is 30.3 Å². The van der Waals surface area contributed by atoms with E-state index in [2.05, 4.69) is 10.6 Å². The largest absolute Gasteiger partial charge is 0.484 e. The summed E-state index contributed by atoms with van der Waals surface area (Å²) < 4.78 is 5.52. The normalized spacial score (nSPS) is 10.2. The molecule has 148 valence electrons. The van der Waals surface area contributed by atoms with Crippen molar-refractivity contribution in [1.29, 1.82) is 0 Å². The van der Waals surface area contributed by atoms with Crippen LogP contribution in [-0.4, -0.2) is 18.4 Å². The summed E-state index contributed by atoms with van der Waals surface area (Å²) in [6, 6.07) is 23.7. The van der Waals surface area contributed by atoms with Gasteiger partial charge in [-0.1, -0.05) is 66.2 Å². The molecule has 29 heavy (non-hydrogen) atoms. The topological polar surface area (TPSA) is 67.4 Å². The van der Waals surface area contributed by atoms with Crippen molar-refractivity contribution >= 4 is 23.4 Å². The quantitative estimate of drug-likeness (QED) is 0.592. The molecule has 0 aromatic heterocycles. The molecule has 6 heteroatoms. The molecule has 3 aromatic rings. The third kappa shape index (κ3) is 6.36. The molecule has 0 aliphatic carbocycles. The van der Waals surface area contributed by atoms with Crippen LogP contribution in [-0.2, 0) is 17.9 Å². The molecule has 0 bridgehead atoms. The molecule has 0 saturated carbocycles. The molecule has 3 aromatic carbocycles. The number of carbonyl (C=O) groups is 2. The Morgan fingerprint density at radius 1 is 0.828 bits per heavy atom. The molecule has 0 unspecified atom stereocenters. The maximum absolute atomic E-state index is 12.3. The number of nitrogens with one attached hydrogen (secondary N) is 2. The maximum atomic E-state index is 12.3. The number of hydrogen-bond acceptors (Lipinski definition) is 3. The van der Waals surface area contributed by atoms with E-state index in [1.807, 2.05) is 48.5 Å². The fourth-order valence-corrected chi connectivity index (χ4v) is 2.85. The van der Waals surface area contributed by atoms with Gasteiger partial charge >= 0.3 is 0 Å². The molecule has 0 saturated heterocycles. The van der Waals surface area contributed by atoms with Crippen LogP contribution >= 0.6 is 11.6 Å². The number of halogens is 1. The summed E-state index contributed by atoms with van der Waals surface area (Å²) in [5.74, 6) is -0.0309. The Labute approximate surface area is 174 Å². The molecular weight excluding hydrogens is 388 g/mol. The lowest BCUT2D eigenvalue weighted by Gasteiger charge is -2.10. The number of hydrogen-bond donors (Lipinski definition) is 2. The lowest BCUT2D eigenvalue weighted by molar-refractivity contribution is -0.123. The highest BCUT2D eigenvalue weighted by Crippen LogP contribution is 2.15. The van der Waals surface area contributed by atoms with Crippen molar-refractivity contribution in [3.8, 4) is 5.75 Å². The van der Waals surface area contributed by atoms with E-state index in [0.29, 0.717) is 29.4 Å². The van der Waals surface area contributed by atoms with Gasteiger partial charge in [0, 0.05) is 23.7 Å². The molecule has 0 radical (unpaired) electrons. The molecule has 0 spiro atoms. The Bertz CT molecular complexity index is 977. The minimum absolute atomic E-state index is 0.153. The number of carbonyl (C=O) groups excluding carboxylic acids is 2. The van der Waals surface area contributed by atoms with Crippen molar-refractivity contribution < 1.29 is 14.3 Å². The zero-order chi connectivity index (χ0) is 20.5. The molecule has 2 N–H and O–H groups in total. The van der Waals surface area contributed by atoms with Gasteiger partial charge in [0.05, 0.1) is 0 Å². The smallest absolute Gasteiger partial charge is 0.258 e. The van der Waals surface area contributed by atoms with Crippen LogP contribution in [0.5, 0.6) is 5.75 Å². The van der Waals surface area contributed by atoms with Crippen LogP contribution in [0.1, 0.15) is 21.5 Å². The van der Waals surface area contributed by atoms with Crippen LogP contribution in [0.25, 0.3) is 0 Å². The van der Waals surface area contributed by atoms with Crippen LogP contribution in [0, 0.1) is 0 Å². The average molecular weight is 409 g/mol. The first kappa shape index (κ1) is 20.4. The van der Waals surface area contributed by atoms with Gasteiger partial charge in [0.15, 0.2) is 6.61 Å². The second kappa shape index (κ2) is 10.3. The monoisotopic (exact) mass is 408 g/mol. The van der Waals surface area contributed by atoms with Gasteiger partial charge in [0.2, 0.25) is 0 Å². The van der Waals surface area contributed by atoms with Gasteiger partial charge in [0.1, 0.15) is 5.75 Å². The molecule has 0 heterocycles. The number of amides is 2. The third-order valence-electron chi connectivity index (χ3n) is 4.20. The van der Waals surface area contributed by atoms with E-state index in [1.165, 1.54) is 0 Å². The zero-order valence-electron chi connectivity index (χ0n) is 15.7. The molecule has 2 amide bonds. The summed E-state index contributed by atoms with van der Waals surface area (Å²) in [7, 11) is 0. The lowest BCUT2D eigenvalue weighted by Crippen LogP contribution is -2.28. The molecule has 0 atom stereocenters. The Hall–Kier alpha value is -3.31. The predicted octanol–water partition coefficient (Wildman–Crippen LogP) is 3.97. The van der Waals surface area contributed by atoms with E-state index in [0.717, 1.165) is 11.1 Å². The van der Waals surface area contributed by atoms with Gasteiger partial charge in [-0.15, -0.1) is 0 Å². The van der Waals surface area contributed by atoms with Crippen LogP contribution in [0.2, 0.25) is 5.02 Å². The number of benzene rings is 3. The van der Waals surface area contributed by atoms with E-state index in [4.69, 9.17) is 16.3 Å². The standard InChI is InChI=1S/C23H21ClN2O3/c24-21-12-5-4-9-19(21)15-25-22(27)16-29-20-11-6-10-18(13-20)23(28)26-14-17-7-2-1-3-8-17/h1-13H,14-16H2,(H,25,27)(H,26,28). The molecule has 0 fully saturated rings. The maximum Gasteiger partial charge on any atom is 0.258 e. The lowest BCUT2D eigenvalue weighted by atomic mass is 10.2. The Balaban J connectivity index is 1.48. The highest BCUT2D eigenvalue weighted by molar-refractivity contribution is 6.31. The molecule has 0 aliphatic rings. The summed E-state index contributed by atoms with van der Waals surface area (Å²) in [6.45, 7) is 0.610. The van der Waals surface area contributed by atoms with Crippen molar-refractivity contribution in [3.63, 3.8) is 0 Å². The van der Waals surface area contributed by atoms with E-state index in [-0.39, 0.29) is 18.4 Å². The van der Waals surface area contributed by atoms with Crippen LogP contribution in [0.3, 0.4) is 0 Å². The molecular formula is C23H21ClN2O3. The Morgan fingerprint density at radius 2 is 1.59 bits per heavy atom. The second-order valence-electron chi connectivity index (χ2n) is 6.35. The summed E-state index contributed by atoms with van der Waals surface area (Å²) in [4.78, 5) is 24.4. The molecule has 5 nitrogen and oxygen atoms in total. The highest BCUT2D eigenvalue weighted by Gasteiger charge is 2.09. The fourth-order valence-electron chi connectivity index (χ4n) is 2.64. The first-order chi connectivity index (χ1) is 14.1. The van der Waals surface area contributed by atoms with Gasteiger partial charge in [0.25, 0.3) is 11.8 Å². The van der Waals surface area contributed by atoms with E-state index < -0.39 is 0 Å². The van der Waals surface area contributed by atoms with Gasteiger partial charge in [-0.2, -0.15) is 0 Å². The predicted molar refractivity (Wildman–Crippen MR) is 113 cm³/mol. The summed E-state index contributed by atoms with van der Waals surface area (Å²) in [5.41, 5.74) is 2.32. The van der Waals surface area contributed by atoms with Gasteiger partial charge in [-0.05, 0) is 35.4 Å². The molecule has 0 aliphatic heterocycles. The van der Waals surface area contributed by atoms with Crippen molar-refractivity contribution in [2.24, 2.45) is 0 Å². The van der Waals surface area contributed by atoms with Crippen molar-refractivity contribution in [3.05, 3.63) is 101 Å². The zero-order valence-corrected chi connectivity index (χ0v) is 16.5. The van der Waals surface area contributed by atoms with E-state index in [9.17, 15) is 9.59 Å². The number of ether oxygens (including phenoxy) is 1. The SMILES string of the molecule is O=C(COc1cccc(C(=O)NCc2ccccc2)c1)NCc1ccccc1Cl. The molecule has 3 rings (SSSR count). The van der Waals surface area contributed by atoms with Gasteiger partial charge in [-0.25, -0.2) is 0 Å². The first-order valence-corrected chi connectivity index (χ1v) is 9.55. The summed E-state index contributed by atoms with van der Waals surface area (Å²) in [5, 5.41) is 6.22. The first-order valence-electron chi connectivity index (χ1n) is 9.17. The second-order valence-corrected chi connectivity index (χ2v) is 6.76. The number of rotatable bonds is 8. The Kier molecular flexibility index (Phi) is 7.25. The Morgan fingerprint density at radius 3 is 2.38 bits per heavy atom. The highest BCUT2D eigenvalue weighted by atomic mass is 35.5. The minimum Gasteiger partial charge on any atom is -0.484 e. The van der Waals surface area contributed by atoms with Crippen LogP contribution in [0.4, 0.5) is 0 Å². The average Bonchev–Trinajstić information content (AvgIpc) is 2.76. The minimum atomic E-state index is -0.274. The van der Waals surface area contributed by atoms with Crippen LogP contribution in [0.15, 0.2) is 78.9 Å². The van der Waals surface area contributed by atoms with Crippen molar-refractivity contribution in [2.75, 3.05) is 6.61 Å². The van der Waals surface area contributed by atoms with Crippen molar-refractivity contribution in [1.82, 2.24) is 10.6 Å². The van der Waals surface area contributed by atoms with Crippen LogP contribution < -0.4 is 15.4 Å². The third-order valence-corrected chi connectivity index (χ3v) is 4.56. The van der Waals surface area contributed by atoms with E-state index >= 15 is 0 Å². The fraction of sp³-hybridized carbons (Fsp3) is 0.130. The summed E-state index contributed by atoms with van der Waals surface area (Å²) in [6.07, 6.45) is 0. The van der Waals surface area contributed by atoms with Crippen molar-refractivity contribution in [2.45, 2.75) is 13.1 Å². The van der Waals surface area contributed by atoms with Gasteiger partial charge < -0.3 is 15.4 Å².